The fourth-order valence-electron chi connectivity index (χ4n) is 1.58. The molecule has 0 aliphatic rings. The van der Waals surface area contributed by atoms with Crippen LogP contribution in [0.5, 0.6) is 0 Å². The molecule has 0 fully saturated rings. The van der Waals surface area contributed by atoms with E-state index in [1.807, 2.05) is 42.5 Å². The van der Waals surface area contributed by atoms with Gasteiger partial charge in [0, 0.05) is 5.57 Å². The van der Waals surface area contributed by atoms with Gasteiger partial charge in [-0.25, -0.2) is 0 Å². The predicted molar refractivity (Wildman–Crippen MR) is 70.6 cm³/mol. The van der Waals surface area contributed by atoms with Crippen molar-refractivity contribution in [1.29, 1.82) is 0 Å². The van der Waals surface area contributed by atoms with Crippen molar-refractivity contribution < 1.29 is 9.21 Å². The number of benzene rings is 1. The first-order chi connectivity index (χ1) is 8.75. The normalized spacial score (nSPS) is 11.3. The van der Waals surface area contributed by atoms with Crippen molar-refractivity contribution in [3.05, 3.63) is 65.6 Å². The summed E-state index contributed by atoms with van der Waals surface area (Å²) in [4.78, 5) is 11.8. The van der Waals surface area contributed by atoms with E-state index in [9.17, 15) is 4.79 Å². The summed E-state index contributed by atoms with van der Waals surface area (Å²) >= 11 is 0. The second kappa shape index (κ2) is 5.87. The fraction of sp³-hybridized carbons (Fsp3) is 0.133. The first-order valence-corrected chi connectivity index (χ1v) is 5.79. The number of furan rings is 1. The zero-order valence-corrected chi connectivity index (χ0v) is 10.2. The van der Waals surface area contributed by atoms with E-state index >= 15 is 0 Å². The SMILES string of the molecule is CC(=Cc1ccccc1)C(=O)NCc1ccco1. The van der Waals surface area contributed by atoms with Crippen molar-refractivity contribution in [1.82, 2.24) is 5.32 Å². The van der Waals surface area contributed by atoms with Crippen LogP contribution in [0.1, 0.15) is 18.2 Å². The van der Waals surface area contributed by atoms with Gasteiger partial charge in [0.25, 0.3) is 0 Å². The minimum Gasteiger partial charge on any atom is -0.467 e. The standard InChI is InChI=1S/C15H15NO2/c1-12(10-13-6-3-2-4-7-13)15(17)16-11-14-8-5-9-18-14/h2-10H,11H2,1H3,(H,16,17). The molecular weight excluding hydrogens is 226 g/mol. The summed E-state index contributed by atoms with van der Waals surface area (Å²) in [7, 11) is 0. The molecule has 2 aromatic rings. The quantitative estimate of drug-likeness (QED) is 0.836. The van der Waals surface area contributed by atoms with Gasteiger partial charge < -0.3 is 9.73 Å². The number of carbonyl (C=O) groups excluding carboxylic acids is 1. The van der Waals surface area contributed by atoms with E-state index in [1.54, 1.807) is 19.3 Å². The zero-order valence-electron chi connectivity index (χ0n) is 10.2. The molecule has 0 atom stereocenters. The topological polar surface area (TPSA) is 42.2 Å². The van der Waals surface area contributed by atoms with Gasteiger partial charge in [-0.2, -0.15) is 0 Å². The Bertz CT molecular complexity index is 527. The van der Waals surface area contributed by atoms with Crippen molar-refractivity contribution in [3.8, 4) is 0 Å². The minimum absolute atomic E-state index is 0.0877. The van der Waals surface area contributed by atoms with E-state index in [1.165, 1.54) is 0 Å². The summed E-state index contributed by atoms with van der Waals surface area (Å²) in [6, 6.07) is 13.4. The third kappa shape index (κ3) is 3.35. The van der Waals surface area contributed by atoms with Crippen LogP contribution in [0.15, 0.2) is 58.7 Å². The van der Waals surface area contributed by atoms with Crippen LogP contribution in [0, 0.1) is 0 Å². The third-order valence-electron chi connectivity index (χ3n) is 2.54. The Kier molecular flexibility index (Phi) is 3.97. The Labute approximate surface area is 106 Å². The molecule has 0 bridgehead atoms. The molecule has 3 nitrogen and oxygen atoms in total. The average Bonchev–Trinajstić information content (AvgIpc) is 2.90. The molecule has 18 heavy (non-hydrogen) atoms. The molecule has 0 spiro atoms. The summed E-state index contributed by atoms with van der Waals surface area (Å²) < 4.78 is 5.15. The smallest absolute Gasteiger partial charge is 0.247 e. The number of hydrogen-bond donors (Lipinski definition) is 1. The fourth-order valence-corrected chi connectivity index (χ4v) is 1.58. The van der Waals surface area contributed by atoms with Gasteiger partial charge in [-0.3, -0.25) is 4.79 Å². The molecule has 3 heteroatoms. The van der Waals surface area contributed by atoms with Gasteiger partial charge in [0.1, 0.15) is 5.76 Å². The molecule has 1 heterocycles. The second-order valence-corrected chi connectivity index (χ2v) is 4.00. The Morgan fingerprint density at radius 1 is 1.22 bits per heavy atom. The lowest BCUT2D eigenvalue weighted by Gasteiger charge is -2.03. The monoisotopic (exact) mass is 241 g/mol. The maximum Gasteiger partial charge on any atom is 0.247 e. The molecule has 0 aliphatic carbocycles. The van der Waals surface area contributed by atoms with E-state index in [4.69, 9.17) is 4.42 Å². The number of amides is 1. The highest BCUT2D eigenvalue weighted by Gasteiger charge is 2.04. The Balaban J connectivity index is 1.94. The molecule has 0 radical (unpaired) electrons. The average molecular weight is 241 g/mol. The predicted octanol–water partition coefficient (Wildman–Crippen LogP) is 3.00. The van der Waals surface area contributed by atoms with Crippen LogP contribution >= 0.6 is 0 Å². The van der Waals surface area contributed by atoms with Gasteiger partial charge in [-0.1, -0.05) is 30.3 Å². The molecule has 0 saturated carbocycles. The maximum atomic E-state index is 11.8. The molecule has 0 saturated heterocycles. The first-order valence-electron chi connectivity index (χ1n) is 5.79. The van der Waals surface area contributed by atoms with Crippen molar-refractivity contribution in [2.24, 2.45) is 0 Å². The van der Waals surface area contributed by atoms with Crippen LogP contribution < -0.4 is 5.32 Å². The molecular formula is C15H15NO2. The first kappa shape index (κ1) is 12.2. The van der Waals surface area contributed by atoms with E-state index in [2.05, 4.69) is 5.32 Å². The minimum atomic E-state index is -0.0877. The van der Waals surface area contributed by atoms with Crippen LogP contribution in [0.3, 0.4) is 0 Å². The van der Waals surface area contributed by atoms with E-state index in [0.29, 0.717) is 12.1 Å². The van der Waals surface area contributed by atoms with Gasteiger partial charge in [0.2, 0.25) is 5.91 Å². The van der Waals surface area contributed by atoms with Gasteiger partial charge in [-0.05, 0) is 30.7 Å². The molecule has 1 N–H and O–H groups in total. The van der Waals surface area contributed by atoms with Gasteiger partial charge in [0.05, 0.1) is 12.8 Å². The van der Waals surface area contributed by atoms with E-state index in [0.717, 1.165) is 11.3 Å². The lowest BCUT2D eigenvalue weighted by Crippen LogP contribution is -2.23. The zero-order chi connectivity index (χ0) is 12.8. The Morgan fingerprint density at radius 2 is 2.00 bits per heavy atom. The van der Waals surface area contributed by atoms with Crippen molar-refractivity contribution >= 4 is 12.0 Å². The second-order valence-electron chi connectivity index (χ2n) is 4.00. The van der Waals surface area contributed by atoms with E-state index < -0.39 is 0 Å². The van der Waals surface area contributed by atoms with E-state index in [-0.39, 0.29) is 5.91 Å². The van der Waals surface area contributed by atoms with Crippen LogP contribution in [-0.4, -0.2) is 5.91 Å². The highest BCUT2D eigenvalue weighted by atomic mass is 16.3. The summed E-state index contributed by atoms with van der Waals surface area (Å²) in [5.74, 6) is 0.658. The maximum absolute atomic E-state index is 11.8. The highest BCUT2D eigenvalue weighted by molar-refractivity contribution is 5.97. The van der Waals surface area contributed by atoms with Crippen molar-refractivity contribution in [2.45, 2.75) is 13.5 Å². The van der Waals surface area contributed by atoms with Crippen molar-refractivity contribution in [3.63, 3.8) is 0 Å². The molecule has 1 aromatic carbocycles. The summed E-state index contributed by atoms with van der Waals surface area (Å²) in [6.07, 6.45) is 3.45. The molecule has 1 amide bonds. The third-order valence-corrected chi connectivity index (χ3v) is 2.54. The highest BCUT2D eigenvalue weighted by Crippen LogP contribution is 2.06. The largest absolute Gasteiger partial charge is 0.467 e. The van der Waals surface area contributed by atoms with Gasteiger partial charge in [0.15, 0.2) is 0 Å². The number of hydrogen-bond acceptors (Lipinski definition) is 2. The molecule has 0 aliphatic heterocycles. The van der Waals surface area contributed by atoms with Crippen LogP contribution in [0.2, 0.25) is 0 Å². The van der Waals surface area contributed by atoms with Gasteiger partial charge in [-0.15, -0.1) is 0 Å². The lowest BCUT2D eigenvalue weighted by molar-refractivity contribution is -0.117. The molecule has 2 rings (SSSR count). The molecule has 0 unspecified atom stereocenters. The number of rotatable bonds is 4. The number of nitrogens with one attached hydrogen (secondary N) is 1. The summed E-state index contributed by atoms with van der Waals surface area (Å²) in [5, 5.41) is 2.80. The Hall–Kier alpha value is -2.29. The summed E-state index contributed by atoms with van der Waals surface area (Å²) in [5.41, 5.74) is 1.69. The van der Waals surface area contributed by atoms with Crippen LogP contribution in [0.25, 0.3) is 6.08 Å². The van der Waals surface area contributed by atoms with Crippen LogP contribution in [-0.2, 0) is 11.3 Å². The molecule has 92 valence electrons. The van der Waals surface area contributed by atoms with Crippen LogP contribution in [0.4, 0.5) is 0 Å². The van der Waals surface area contributed by atoms with Gasteiger partial charge >= 0.3 is 0 Å². The lowest BCUT2D eigenvalue weighted by atomic mass is 10.1. The van der Waals surface area contributed by atoms with Crippen molar-refractivity contribution in [2.75, 3.05) is 0 Å². The summed E-state index contributed by atoms with van der Waals surface area (Å²) in [6.45, 7) is 2.20. The molecule has 1 aromatic heterocycles. The Morgan fingerprint density at radius 3 is 2.67 bits per heavy atom. The number of carbonyl (C=O) groups is 1.